The van der Waals surface area contributed by atoms with E-state index < -0.39 is 0 Å². The lowest BCUT2D eigenvalue weighted by atomic mass is 10.1. The summed E-state index contributed by atoms with van der Waals surface area (Å²) in [5, 5.41) is 5.35. The van der Waals surface area contributed by atoms with Crippen molar-refractivity contribution in [3.63, 3.8) is 0 Å². The van der Waals surface area contributed by atoms with Crippen LogP contribution in [-0.2, 0) is 0 Å². The van der Waals surface area contributed by atoms with Crippen molar-refractivity contribution >= 4 is 33.9 Å². The van der Waals surface area contributed by atoms with E-state index in [1.807, 2.05) is 50.2 Å². The number of para-hydroxylation sites is 1. The minimum Gasteiger partial charge on any atom is -1.00 e. The summed E-state index contributed by atoms with van der Waals surface area (Å²) in [6.07, 6.45) is 0. The Morgan fingerprint density at radius 2 is 1.71 bits per heavy atom. The van der Waals surface area contributed by atoms with Crippen LogP contribution in [0.2, 0.25) is 5.02 Å². The number of hydrogen-bond donors (Lipinski definition) is 1. The van der Waals surface area contributed by atoms with Crippen LogP contribution < -0.4 is 17.7 Å². The van der Waals surface area contributed by atoms with Crippen molar-refractivity contribution in [3.8, 4) is 0 Å². The number of benzene rings is 2. The highest BCUT2D eigenvalue weighted by Gasteiger charge is 2.06. The zero-order chi connectivity index (χ0) is 14.1. The molecule has 0 bridgehead atoms. The molecule has 0 aliphatic heterocycles. The average Bonchev–Trinajstić information content (AvgIpc) is 2.43. The van der Waals surface area contributed by atoms with Crippen LogP contribution in [0, 0.1) is 13.8 Å². The lowest BCUT2D eigenvalue weighted by molar-refractivity contribution is -0.00000405. The Labute approximate surface area is 135 Å². The van der Waals surface area contributed by atoms with Crippen molar-refractivity contribution in [2.24, 2.45) is 0 Å². The number of rotatable bonds is 2. The van der Waals surface area contributed by atoms with E-state index in [1.54, 1.807) is 0 Å². The highest BCUT2D eigenvalue weighted by atomic mass is 35.5. The van der Waals surface area contributed by atoms with Gasteiger partial charge in [0.25, 0.3) is 0 Å². The first-order chi connectivity index (χ1) is 9.65. The van der Waals surface area contributed by atoms with Crippen molar-refractivity contribution in [1.82, 2.24) is 4.98 Å². The first-order valence-corrected chi connectivity index (χ1v) is 6.91. The van der Waals surface area contributed by atoms with Gasteiger partial charge in [0.1, 0.15) is 0 Å². The number of halogens is 2. The predicted octanol–water partition coefficient (Wildman–Crippen LogP) is 2.25. The molecule has 21 heavy (non-hydrogen) atoms. The van der Waals surface area contributed by atoms with Crippen LogP contribution in [0.5, 0.6) is 0 Å². The number of hydrogen-bond acceptors (Lipinski definition) is 2. The molecule has 0 amide bonds. The summed E-state index contributed by atoms with van der Waals surface area (Å²) in [6, 6.07) is 16.1. The van der Waals surface area contributed by atoms with E-state index in [-0.39, 0.29) is 12.4 Å². The largest absolute Gasteiger partial charge is 1.00 e. The van der Waals surface area contributed by atoms with Gasteiger partial charge in [0, 0.05) is 27.5 Å². The van der Waals surface area contributed by atoms with E-state index >= 15 is 0 Å². The van der Waals surface area contributed by atoms with E-state index in [9.17, 15) is 0 Å². The van der Waals surface area contributed by atoms with Gasteiger partial charge in [-0.15, -0.1) is 0 Å². The molecular weight excluding hydrogens is 303 g/mol. The first-order valence-electron chi connectivity index (χ1n) is 6.53. The molecule has 0 aliphatic carbocycles. The van der Waals surface area contributed by atoms with Crippen molar-refractivity contribution in [2.75, 3.05) is 5.32 Å². The summed E-state index contributed by atoms with van der Waals surface area (Å²) in [6.45, 7) is 4.02. The first kappa shape index (κ1) is 15.6. The maximum atomic E-state index is 6.18. The van der Waals surface area contributed by atoms with E-state index in [0.29, 0.717) is 0 Å². The summed E-state index contributed by atoms with van der Waals surface area (Å²) < 4.78 is 0. The fraction of sp³-hybridized carbons (Fsp3) is 0.118. The van der Waals surface area contributed by atoms with Crippen molar-refractivity contribution in [3.05, 3.63) is 64.8 Å². The van der Waals surface area contributed by atoms with Gasteiger partial charge in [-0.25, -0.2) is 0 Å². The molecule has 2 aromatic carbocycles. The van der Waals surface area contributed by atoms with Gasteiger partial charge in [0.05, 0.1) is 5.52 Å². The monoisotopic (exact) mass is 317 g/mol. The average molecular weight is 318 g/mol. The Bertz CT molecular complexity index is 785. The van der Waals surface area contributed by atoms with Crippen molar-refractivity contribution in [1.29, 1.82) is 0 Å². The molecule has 2 nitrogen and oxygen atoms in total. The Hall–Kier alpha value is -1.77. The van der Waals surface area contributed by atoms with Crippen LogP contribution in [0.1, 0.15) is 11.3 Å². The zero-order valence-corrected chi connectivity index (χ0v) is 13.3. The third-order valence-electron chi connectivity index (χ3n) is 3.38. The van der Waals surface area contributed by atoms with Gasteiger partial charge in [-0.2, -0.15) is 0 Å². The lowest BCUT2D eigenvalue weighted by Crippen LogP contribution is -3.00. The molecule has 1 N–H and O–H groups in total. The number of nitrogens with zero attached hydrogens (tertiary/aromatic N) is 1. The predicted molar refractivity (Wildman–Crippen MR) is 86.0 cm³/mol. The van der Waals surface area contributed by atoms with Gasteiger partial charge in [0.2, 0.25) is 0 Å². The van der Waals surface area contributed by atoms with E-state index in [2.05, 4.69) is 22.4 Å². The van der Waals surface area contributed by atoms with Crippen LogP contribution in [0.25, 0.3) is 10.9 Å². The number of anilines is 2. The molecule has 1 heterocycles. The fourth-order valence-corrected chi connectivity index (χ4v) is 2.47. The summed E-state index contributed by atoms with van der Waals surface area (Å²) in [5.74, 6) is 0. The van der Waals surface area contributed by atoms with Gasteiger partial charge in [-0.1, -0.05) is 35.9 Å². The van der Waals surface area contributed by atoms with Gasteiger partial charge in [-0.3, -0.25) is 4.98 Å². The van der Waals surface area contributed by atoms with E-state index in [1.165, 1.54) is 0 Å². The molecular formula is C17H15Cl2N2-. The maximum absolute atomic E-state index is 6.18. The molecule has 3 aromatic rings. The summed E-state index contributed by atoms with van der Waals surface area (Å²) in [5.41, 5.74) is 5.11. The summed E-state index contributed by atoms with van der Waals surface area (Å²) in [4.78, 5) is 4.55. The minimum atomic E-state index is 0. The molecule has 0 fully saturated rings. The van der Waals surface area contributed by atoms with Crippen molar-refractivity contribution < 1.29 is 12.4 Å². The van der Waals surface area contributed by atoms with Gasteiger partial charge in [-0.05, 0) is 43.7 Å². The Morgan fingerprint density at radius 3 is 2.52 bits per heavy atom. The van der Waals surface area contributed by atoms with Gasteiger partial charge in [0.15, 0.2) is 0 Å². The zero-order valence-electron chi connectivity index (χ0n) is 11.8. The van der Waals surface area contributed by atoms with Crippen LogP contribution in [0.3, 0.4) is 0 Å². The summed E-state index contributed by atoms with van der Waals surface area (Å²) in [7, 11) is 0. The number of pyridine rings is 1. The fourth-order valence-electron chi connectivity index (χ4n) is 2.30. The topological polar surface area (TPSA) is 24.9 Å². The van der Waals surface area contributed by atoms with Crippen molar-refractivity contribution in [2.45, 2.75) is 13.8 Å². The normalized spacial score (nSPS) is 10.2. The molecule has 0 aliphatic rings. The third-order valence-corrected chi connectivity index (χ3v) is 3.79. The highest BCUT2D eigenvalue weighted by Crippen LogP contribution is 2.30. The molecule has 0 radical (unpaired) electrons. The van der Waals surface area contributed by atoms with Crippen LogP contribution in [0.4, 0.5) is 11.4 Å². The number of aromatic nitrogens is 1. The molecule has 108 valence electrons. The second-order valence-corrected chi connectivity index (χ2v) is 5.27. The summed E-state index contributed by atoms with van der Waals surface area (Å²) >= 11 is 6.18. The Balaban J connectivity index is 0.00000161. The van der Waals surface area contributed by atoms with E-state index in [0.717, 1.165) is 38.6 Å². The Kier molecular flexibility index (Phi) is 4.71. The number of nitrogens with one attached hydrogen (secondary N) is 1. The van der Waals surface area contributed by atoms with Gasteiger partial charge < -0.3 is 17.7 Å². The van der Waals surface area contributed by atoms with Crippen LogP contribution >= 0.6 is 11.6 Å². The second-order valence-electron chi connectivity index (χ2n) is 4.87. The number of fused-ring (bicyclic) bond motifs is 1. The van der Waals surface area contributed by atoms with Crippen LogP contribution in [-0.4, -0.2) is 4.98 Å². The quantitative estimate of drug-likeness (QED) is 0.784. The molecule has 0 saturated heterocycles. The van der Waals surface area contributed by atoms with E-state index in [4.69, 9.17) is 11.6 Å². The molecule has 3 rings (SSSR count). The second kappa shape index (κ2) is 6.33. The molecule has 0 unspecified atom stereocenters. The van der Waals surface area contributed by atoms with Gasteiger partial charge >= 0.3 is 0 Å². The lowest BCUT2D eigenvalue weighted by Gasteiger charge is -2.13. The third kappa shape index (κ3) is 3.12. The maximum Gasteiger partial charge on any atom is 0.0726 e. The smallest absolute Gasteiger partial charge is 0.0726 e. The SMILES string of the molecule is Cc1cc(Nc2cccc(Cl)c2C)c2ccccc2n1.[Cl-]. The Morgan fingerprint density at radius 1 is 0.952 bits per heavy atom. The molecule has 0 spiro atoms. The number of aryl methyl sites for hydroxylation is 1. The molecule has 0 atom stereocenters. The standard InChI is InChI=1S/C17H15ClN2.ClH/c1-11-10-17(13-6-3-4-8-16(13)19-11)20-15-9-5-7-14(18)12(15)2;/h3-10H,1-2H3,(H,19,20);1H/p-1. The highest BCUT2D eigenvalue weighted by molar-refractivity contribution is 6.31. The molecule has 1 aromatic heterocycles. The van der Waals surface area contributed by atoms with Crippen LogP contribution in [0.15, 0.2) is 48.5 Å². The minimum absolute atomic E-state index is 0. The molecule has 4 heteroatoms. The molecule has 0 saturated carbocycles.